The molecule has 0 spiro atoms. The molecule has 3 nitrogen and oxygen atoms in total. The van der Waals surface area contributed by atoms with Crippen LogP contribution in [0.2, 0.25) is 5.02 Å². The Hall–Kier alpha value is -0.545. The first-order valence-electron chi connectivity index (χ1n) is 4.47. The molecule has 0 aliphatic heterocycles. The van der Waals surface area contributed by atoms with Gasteiger partial charge in [0, 0.05) is 11.6 Å². The van der Waals surface area contributed by atoms with Crippen LogP contribution in [0.1, 0.15) is 5.56 Å². The topological polar surface area (TPSA) is 52.5 Å². The largest absolute Gasteiger partial charge is 0.395 e. The molecule has 14 heavy (non-hydrogen) atoms. The number of aliphatic hydroxyl groups is 2. The van der Waals surface area contributed by atoms with Gasteiger partial charge in [0.15, 0.2) is 0 Å². The van der Waals surface area contributed by atoms with E-state index in [1.807, 2.05) is 6.07 Å². The maximum Gasteiger partial charge on any atom is 0.236 e. The fourth-order valence-corrected chi connectivity index (χ4v) is 1.41. The van der Waals surface area contributed by atoms with Crippen molar-refractivity contribution in [3.05, 3.63) is 28.8 Å². The zero-order valence-corrected chi connectivity index (χ0v) is 8.59. The van der Waals surface area contributed by atoms with Crippen molar-refractivity contribution < 1.29 is 10.2 Å². The van der Waals surface area contributed by atoms with E-state index in [0.29, 0.717) is 19.0 Å². The lowest BCUT2D eigenvalue weighted by atomic mass is 9.79. The highest BCUT2D eigenvalue weighted by Gasteiger charge is 2.03. The van der Waals surface area contributed by atoms with Crippen LogP contribution in [0.3, 0.4) is 0 Å². The van der Waals surface area contributed by atoms with E-state index >= 15 is 0 Å². The van der Waals surface area contributed by atoms with Crippen molar-refractivity contribution >= 4 is 24.5 Å². The monoisotopic (exact) mass is 213 g/mol. The van der Waals surface area contributed by atoms with Gasteiger partial charge < -0.3 is 15.4 Å². The van der Waals surface area contributed by atoms with Gasteiger partial charge in [-0.25, -0.2) is 0 Å². The second kappa shape index (κ2) is 6.04. The summed E-state index contributed by atoms with van der Waals surface area (Å²) in [6.45, 7) is 0.645. The van der Waals surface area contributed by atoms with Crippen LogP contribution in [0.4, 0.5) is 0 Å². The summed E-state index contributed by atoms with van der Waals surface area (Å²) in [5, 5.41) is 21.3. The molecule has 1 aromatic carbocycles. The minimum atomic E-state index is -0.0172. The second-order valence-electron chi connectivity index (χ2n) is 2.97. The van der Waals surface area contributed by atoms with Crippen molar-refractivity contribution in [3.8, 4) is 0 Å². The molecule has 0 aliphatic carbocycles. The summed E-state index contributed by atoms with van der Waals surface area (Å²) in [6.07, 6.45) is 0. The van der Waals surface area contributed by atoms with Crippen LogP contribution in [-0.4, -0.2) is 30.8 Å². The third-order valence-electron chi connectivity index (χ3n) is 1.94. The Morgan fingerprint density at radius 3 is 2.79 bits per heavy atom. The lowest BCUT2D eigenvalue weighted by Gasteiger charge is -2.07. The Bertz CT molecular complexity index is 296. The molecule has 0 heterocycles. The van der Waals surface area contributed by atoms with Crippen LogP contribution in [0, 0.1) is 0 Å². The summed E-state index contributed by atoms with van der Waals surface area (Å²) >= 11 is 5.79. The maximum atomic E-state index is 9.06. The molecule has 1 rings (SSSR count). The van der Waals surface area contributed by atoms with Crippen LogP contribution in [0.25, 0.3) is 0 Å². The van der Waals surface area contributed by atoms with E-state index < -0.39 is 0 Å². The summed E-state index contributed by atoms with van der Waals surface area (Å²) in [4.78, 5) is 0. The number of nitrogens with one attached hydrogen (secondary N) is 1. The SMILES string of the molecule is OCCNBc1ccc(Cl)cc1CO. The molecule has 0 amide bonds. The molecule has 5 heteroatoms. The summed E-state index contributed by atoms with van der Waals surface area (Å²) in [5.74, 6) is 0. The highest BCUT2D eigenvalue weighted by Crippen LogP contribution is 2.08. The molecule has 0 fully saturated rings. The standard InChI is InChI=1S/C9H13BClNO2/c11-8-1-2-9(7(5-8)6-14)10-12-3-4-13/h1-2,5,10,12-14H,3-4,6H2. The number of hydrogen-bond donors (Lipinski definition) is 3. The molecule has 3 N–H and O–H groups in total. The Morgan fingerprint density at radius 2 is 2.14 bits per heavy atom. The number of halogens is 1. The van der Waals surface area contributed by atoms with Gasteiger partial charge in [-0.2, -0.15) is 0 Å². The molecule has 0 saturated heterocycles. The van der Waals surface area contributed by atoms with E-state index in [9.17, 15) is 0 Å². The molecule has 0 atom stereocenters. The number of aliphatic hydroxyl groups excluding tert-OH is 2. The summed E-state index contributed by atoms with van der Waals surface area (Å²) < 4.78 is 0. The third kappa shape index (κ3) is 3.31. The fraction of sp³-hybridized carbons (Fsp3) is 0.333. The number of benzene rings is 1. The van der Waals surface area contributed by atoms with Gasteiger partial charge in [-0.3, -0.25) is 0 Å². The molecular formula is C9H13BClNO2. The summed E-state index contributed by atoms with van der Waals surface area (Å²) in [6, 6.07) is 5.41. The van der Waals surface area contributed by atoms with Crippen LogP contribution in [0.5, 0.6) is 0 Å². The van der Waals surface area contributed by atoms with Crippen molar-refractivity contribution in [3.63, 3.8) is 0 Å². The van der Waals surface area contributed by atoms with Gasteiger partial charge in [0.05, 0.1) is 13.2 Å². The van der Waals surface area contributed by atoms with Crippen LogP contribution >= 0.6 is 11.6 Å². The zero-order chi connectivity index (χ0) is 10.4. The van der Waals surface area contributed by atoms with Crippen molar-refractivity contribution in [1.29, 1.82) is 0 Å². The average molecular weight is 213 g/mol. The predicted molar refractivity (Wildman–Crippen MR) is 59.2 cm³/mol. The Morgan fingerprint density at radius 1 is 1.36 bits per heavy atom. The molecule has 0 radical (unpaired) electrons. The highest BCUT2D eigenvalue weighted by molar-refractivity contribution is 6.51. The van der Waals surface area contributed by atoms with Crippen molar-refractivity contribution in [1.82, 2.24) is 5.23 Å². The molecule has 0 bridgehead atoms. The van der Waals surface area contributed by atoms with Crippen molar-refractivity contribution in [2.24, 2.45) is 0 Å². The van der Waals surface area contributed by atoms with Gasteiger partial charge in [-0.05, 0) is 17.7 Å². The van der Waals surface area contributed by atoms with Gasteiger partial charge in [-0.15, -0.1) is 0 Å². The van der Waals surface area contributed by atoms with Gasteiger partial charge in [0.1, 0.15) is 0 Å². The van der Waals surface area contributed by atoms with E-state index in [4.69, 9.17) is 21.8 Å². The first-order chi connectivity index (χ1) is 6.77. The highest BCUT2D eigenvalue weighted by atomic mass is 35.5. The molecule has 0 saturated carbocycles. The molecule has 0 unspecified atom stereocenters. The third-order valence-corrected chi connectivity index (χ3v) is 2.18. The minimum Gasteiger partial charge on any atom is -0.395 e. The van der Waals surface area contributed by atoms with E-state index in [0.717, 1.165) is 11.0 Å². The Labute approximate surface area is 89.0 Å². The lowest BCUT2D eigenvalue weighted by Crippen LogP contribution is -2.34. The van der Waals surface area contributed by atoms with Crippen LogP contribution in [0.15, 0.2) is 18.2 Å². The number of hydrogen-bond acceptors (Lipinski definition) is 3. The Balaban J connectivity index is 2.65. The van der Waals surface area contributed by atoms with Gasteiger partial charge in [0.2, 0.25) is 7.41 Å². The van der Waals surface area contributed by atoms with Crippen LogP contribution in [-0.2, 0) is 6.61 Å². The first kappa shape index (κ1) is 11.5. The molecule has 1 aromatic rings. The summed E-state index contributed by atoms with van der Waals surface area (Å²) in [7, 11) is 0.633. The molecule has 76 valence electrons. The van der Waals surface area contributed by atoms with Gasteiger partial charge in [0.25, 0.3) is 0 Å². The van der Waals surface area contributed by atoms with E-state index in [-0.39, 0.29) is 13.2 Å². The zero-order valence-electron chi connectivity index (χ0n) is 7.83. The van der Waals surface area contributed by atoms with E-state index in [2.05, 4.69) is 5.23 Å². The smallest absolute Gasteiger partial charge is 0.236 e. The maximum absolute atomic E-state index is 9.06. The van der Waals surface area contributed by atoms with E-state index in [1.165, 1.54) is 0 Å². The molecule has 0 aliphatic rings. The summed E-state index contributed by atoms with van der Waals surface area (Å²) in [5.41, 5.74) is 1.83. The quantitative estimate of drug-likeness (QED) is 0.452. The van der Waals surface area contributed by atoms with Gasteiger partial charge in [-0.1, -0.05) is 23.1 Å². The average Bonchev–Trinajstić information content (AvgIpc) is 2.20. The van der Waals surface area contributed by atoms with Crippen molar-refractivity contribution in [2.75, 3.05) is 13.2 Å². The Kier molecular flexibility index (Phi) is 4.97. The normalized spacial score (nSPS) is 10.2. The van der Waals surface area contributed by atoms with E-state index in [1.54, 1.807) is 12.1 Å². The van der Waals surface area contributed by atoms with Gasteiger partial charge >= 0.3 is 0 Å². The van der Waals surface area contributed by atoms with Crippen molar-refractivity contribution in [2.45, 2.75) is 6.61 Å². The molecular weight excluding hydrogens is 200 g/mol. The lowest BCUT2D eigenvalue weighted by molar-refractivity contribution is 0.283. The minimum absolute atomic E-state index is 0.0172. The number of rotatable bonds is 5. The molecule has 0 aromatic heterocycles. The predicted octanol–water partition coefficient (Wildman–Crippen LogP) is -0.609. The second-order valence-corrected chi connectivity index (χ2v) is 3.41. The fourth-order valence-electron chi connectivity index (χ4n) is 1.22. The van der Waals surface area contributed by atoms with Crippen LogP contribution < -0.4 is 10.7 Å². The first-order valence-corrected chi connectivity index (χ1v) is 4.85.